The maximum Gasteiger partial charge on any atom is 0.00978 e. The minimum absolute atomic E-state index is 0.788. The number of hydrogen-bond acceptors (Lipinski definition) is 2. The highest BCUT2D eigenvalue weighted by Crippen LogP contribution is 2.29. The molecule has 2 aliphatic rings. The van der Waals surface area contributed by atoms with Crippen LogP contribution >= 0.6 is 0 Å². The van der Waals surface area contributed by atoms with E-state index < -0.39 is 0 Å². The van der Waals surface area contributed by atoms with Crippen molar-refractivity contribution in [1.82, 2.24) is 10.2 Å². The van der Waals surface area contributed by atoms with Gasteiger partial charge >= 0.3 is 0 Å². The lowest BCUT2D eigenvalue weighted by atomic mass is 9.79. The molecule has 0 aromatic carbocycles. The average molecular weight is 266 g/mol. The molecule has 2 heteroatoms. The lowest BCUT2D eigenvalue weighted by Crippen LogP contribution is -2.49. The smallest absolute Gasteiger partial charge is 0.00978 e. The number of rotatable bonds is 5. The number of nitrogens with zero attached hydrogens (tertiary/aromatic N) is 1. The first-order chi connectivity index (χ1) is 9.19. The summed E-state index contributed by atoms with van der Waals surface area (Å²) in [4.78, 5) is 2.66. The molecule has 0 spiro atoms. The van der Waals surface area contributed by atoms with Crippen LogP contribution in [-0.2, 0) is 0 Å². The molecule has 1 saturated carbocycles. The standard InChI is InChI=1S/C17H34N2/c1-4-5-10-19-11-8-16(9-12-19)18-17-13-14(2)6-7-15(17)3/h14-18H,4-13H2,1-3H3. The highest BCUT2D eigenvalue weighted by molar-refractivity contribution is 4.86. The van der Waals surface area contributed by atoms with Gasteiger partial charge < -0.3 is 10.2 Å². The Morgan fingerprint density at radius 2 is 1.79 bits per heavy atom. The molecular weight excluding hydrogens is 232 g/mol. The van der Waals surface area contributed by atoms with Crippen molar-refractivity contribution in [2.75, 3.05) is 19.6 Å². The molecule has 0 aromatic rings. The zero-order chi connectivity index (χ0) is 13.7. The minimum atomic E-state index is 0.788. The average Bonchev–Trinajstić information content (AvgIpc) is 2.42. The van der Waals surface area contributed by atoms with Crippen LogP contribution in [0.4, 0.5) is 0 Å². The zero-order valence-electron chi connectivity index (χ0n) is 13.3. The Morgan fingerprint density at radius 1 is 1.05 bits per heavy atom. The third kappa shape index (κ3) is 4.75. The van der Waals surface area contributed by atoms with Gasteiger partial charge in [0.2, 0.25) is 0 Å². The van der Waals surface area contributed by atoms with Crippen LogP contribution in [0.1, 0.15) is 65.7 Å². The summed E-state index contributed by atoms with van der Waals surface area (Å²) in [7, 11) is 0. The molecule has 0 radical (unpaired) electrons. The van der Waals surface area contributed by atoms with Crippen LogP contribution in [0, 0.1) is 11.8 Å². The van der Waals surface area contributed by atoms with Gasteiger partial charge in [0, 0.05) is 12.1 Å². The molecule has 0 bridgehead atoms. The predicted octanol–water partition coefficient (Wildman–Crippen LogP) is 3.67. The molecule has 2 rings (SSSR count). The lowest BCUT2D eigenvalue weighted by molar-refractivity contribution is 0.157. The van der Waals surface area contributed by atoms with Gasteiger partial charge in [0.1, 0.15) is 0 Å². The Labute approximate surface area is 120 Å². The maximum absolute atomic E-state index is 3.99. The summed E-state index contributed by atoms with van der Waals surface area (Å²) in [5.74, 6) is 1.81. The van der Waals surface area contributed by atoms with E-state index >= 15 is 0 Å². The number of hydrogen-bond donors (Lipinski definition) is 1. The van der Waals surface area contributed by atoms with E-state index in [9.17, 15) is 0 Å². The molecule has 3 atom stereocenters. The summed E-state index contributed by atoms with van der Waals surface area (Å²) in [6.45, 7) is 11.1. The zero-order valence-corrected chi connectivity index (χ0v) is 13.3. The first-order valence-electron chi connectivity index (χ1n) is 8.67. The summed E-state index contributed by atoms with van der Waals surface area (Å²) < 4.78 is 0. The van der Waals surface area contributed by atoms with Crippen LogP contribution in [0.2, 0.25) is 0 Å². The van der Waals surface area contributed by atoms with E-state index in [0.717, 1.165) is 23.9 Å². The van der Waals surface area contributed by atoms with E-state index in [1.54, 1.807) is 0 Å². The van der Waals surface area contributed by atoms with Crippen molar-refractivity contribution >= 4 is 0 Å². The molecule has 3 unspecified atom stereocenters. The minimum Gasteiger partial charge on any atom is -0.311 e. The van der Waals surface area contributed by atoms with Gasteiger partial charge in [-0.05, 0) is 63.6 Å². The summed E-state index contributed by atoms with van der Waals surface area (Å²) >= 11 is 0. The number of likely N-dealkylation sites (tertiary alicyclic amines) is 1. The Bertz CT molecular complexity index is 246. The van der Waals surface area contributed by atoms with Crippen LogP contribution < -0.4 is 5.32 Å². The summed E-state index contributed by atoms with van der Waals surface area (Å²) in [6, 6.07) is 1.58. The van der Waals surface area contributed by atoms with Crippen LogP contribution in [0.25, 0.3) is 0 Å². The maximum atomic E-state index is 3.99. The highest BCUT2D eigenvalue weighted by atomic mass is 15.1. The van der Waals surface area contributed by atoms with Gasteiger partial charge in [-0.25, -0.2) is 0 Å². The second-order valence-corrected chi connectivity index (χ2v) is 7.14. The van der Waals surface area contributed by atoms with Crippen molar-refractivity contribution in [3.05, 3.63) is 0 Å². The van der Waals surface area contributed by atoms with Crippen molar-refractivity contribution < 1.29 is 0 Å². The fraction of sp³-hybridized carbons (Fsp3) is 1.00. The van der Waals surface area contributed by atoms with Crippen LogP contribution in [-0.4, -0.2) is 36.6 Å². The summed E-state index contributed by atoms with van der Waals surface area (Å²) in [5, 5.41) is 3.99. The Kier molecular flexibility index (Phi) is 6.15. The Balaban J connectivity index is 1.69. The molecule has 0 amide bonds. The molecule has 1 heterocycles. The number of unbranched alkanes of at least 4 members (excludes halogenated alkanes) is 1. The summed E-state index contributed by atoms with van der Waals surface area (Å²) in [5.41, 5.74) is 0. The number of piperidine rings is 1. The predicted molar refractivity (Wildman–Crippen MR) is 83.5 cm³/mol. The van der Waals surface area contributed by atoms with Gasteiger partial charge in [-0.2, -0.15) is 0 Å². The third-order valence-corrected chi connectivity index (χ3v) is 5.32. The van der Waals surface area contributed by atoms with Gasteiger partial charge in [-0.3, -0.25) is 0 Å². The molecule has 2 fully saturated rings. The van der Waals surface area contributed by atoms with E-state index in [1.807, 2.05) is 0 Å². The van der Waals surface area contributed by atoms with Crippen molar-refractivity contribution in [3.8, 4) is 0 Å². The first-order valence-corrected chi connectivity index (χ1v) is 8.67. The monoisotopic (exact) mass is 266 g/mol. The fourth-order valence-electron chi connectivity index (χ4n) is 3.77. The summed E-state index contributed by atoms with van der Waals surface area (Å²) in [6.07, 6.45) is 9.69. The molecule has 2 nitrogen and oxygen atoms in total. The quantitative estimate of drug-likeness (QED) is 0.817. The first kappa shape index (κ1) is 15.3. The van der Waals surface area contributed by atoms with Gasteiger partial charge in [-0.15, -0.1) is 0 Å². The van der Waals surface area contributed by atoms with E-state index in [4.69, 9.17) is 0 Å². The van der Waals surface area contributed by atoms with Gasteiger partial charge in [0.15, 0.2) is 0 Å². The Morgan fingerprint density at radius 3 is 2.47 bits per heavy atom. The SMILES string of the molecule is CCCCN1CCC(NC2CC(C)CCC2C)CC1. The molecule has 1 saturated heterocycles. The number of nitrogens with one attached hydrogen (secondary N) is 1. The third-order valence-electron chi connectivity index (χ3n) is 5.32. The molecule has 1 aliphatic carbocycles. The van der Waals surface area contributed by atoms with Crippen LogP contribution in [0.5, 0.6) is 0 Å². The van der Waals surface area contributed by atoms with Crippen molar-refractivity contribution in [2.24, 2.45) is 11.8 Å². The van der Waals surface area contributed by atoms with Gasteiger partial charge in [0.05, 0.1) is 0 Å². The molecule has 1 aliphatic heterocycles. The topological polar surface area (TPSA) is 15.3 Å². The van der Waals surface area contributed by atoms with E-state index in [0.29, 0.717) is 0 Å². The second-order valence-electron chi connectivity index (χ2n) is 7.14. The van der Waals surface area contributed by atoms with Crippen LogP contribution in [0.3, 0.4) is 0 Å². The van der Waals surface area contributed by atoms with E-state index in [-0.39, 0.29) is 0 Å². The van der Waals surface area contributed by atoms with E-state index in [1.165, 1.54) is 64.6 Å². The van der Waals surface area contributed by atoms with Crippen molar-refractivity contribution in [3.63, 3.8) is 0 Å². The Hall–Kier alpha value is -0.0800. The lowest BCUT2D eigenvalue weighted by Gasteiger charge is -2.39. The molecule has 1 N–H and O–H groups in total. The fourth-order valence-corrected chi connectivity index (χ4v) is 3.77. The van der Waals surface area contributed by atoms with E-state index in [2.05, 4.69) is 31.0 Å². The normalized spacial score (nSPS) is 34.6. The largest absolute Gasteiger partial charge is 0.311 e. The van der Waals surface area contributed by atoms with Crippen molar-refractivity contribution in [1.29, 1.82) is 0 Å². The van der Waals surface area contributed by atoms with Gasteiger partial charge in [0.25, 0.3) is 0 Å². The molecular formula is C17H34N2. The molecule has 112 valence electrons. The molecule has 19 heavy (non-hydrogen) atoms. The van der Waals surface area contributed by atoms with Crippen LogP contribution in [0.15, 0.2) is 0 Å². The van der Waals surface area contributed by atoms with Gasteiger partial charge in [-0.1, -0.05) is 33.6 Å². The molecule has 0 aromatic heterocycles. The highest BCUT2D eigenvalue weighted by Gasteiger charge is 2.28. The second kappa shape index (κ2) is 7.64. The van der Waals surface area contributed by atoms with Crippen molar-refractivity contribution in [2.45, 2.75) is 77.8 Å².